The first-order chi connectivity index (χ1) is 7.58. The van der Waals surface area contributed by atoms with E-state index >= 15 is 0 Å². The Hall–Kier alpha value is -1.62. The Morgan fingerprint density at radius 3 is 2.38 bits per heavy atom. The van der Waals surface area contributed by atoms with Gasteiger partial charge in [-0.25, -0.2) is 9.37 Å². The van der Waals surface area contributed by atoms with Crippen molar-refractivity contribution >= 4 is 15.9 Å². The van der Waals surface area contributed by atoms with Gasteiger partial charge in [0.25, 0.3) is 5.88 Å². The predicted octanol–water partition coefficient (Wildman–Crippen LogP) is 3.06. The zero-order valence-corrected chi connectivity index (χ0v) is 9.57. The maximum atomic E-state index is 12.7. The summed E-state index contributed by atoms with van der Waals surface area (Å²) in [6.45, 7) is 0. The highest BCUT2D eigenvalue weighted by Gasteiger charge is 2.10. The molecule has 0 spiro atoms. The normalized spacial score (nSPS) is 10.4. The van der Waals surface area contributed by atoms with Gasteiger partial charge in [0.2, 0.25) is 0 Å². The monoisotopic (exact) mass is 283 g/mol. The summed E-state index contributed by atoms with van der Waals surface area (Å²) in [5.41, 5.74) is 1.27. The molecule has 0 aliphatic rings. The minimum absolute atomic E-state index is 0.317. The minimum atomic E-state index is -0.447. The molecule has 1 aromatic carbocycles. The maximum Gasteiger partial charge on any atom is 0.255 e. The van der Waals surface area contributed by atoms with Gasteiger partial charge in [0.05, 0.1) is 0 Å². The van der Waals surface area contributed by atoms with Gasteiger partial charge in [-0.2, -0.15) is 0 Å². The van der Waals surface area contributed by atoms with Gasteiger partial charge >= 0.3 is 0 Å². The molecule has 16 heavy (non-hydrogen) atoms. The Balaban J connectivity index is 2.56. The van der Waals surface area contributed by atoms with E-state index in [4.69, 9.17) is 5.11 Å². The number of aromatic nitrogens is 1. The lowest BCUT2D eigenvalue weighted by molar-refractivity contribution is 0.388. The summed E-state index contributed by atoms with van der Waals surface area (Å²) < 4.78 is 13.1. The Morgan fingerprint density at radius 1 is 1.12 bits per heavy atom. The number of rotatable bonds is 1. The third kappa shape index (κ3) is 1.99. The molecule has 1 heterocycles. The molecule has 2 N–H and O–H groups in total. The van der Waals surface area contributed by atoms with Crippen LogP contribution in [0.15, 0.2) is 34.9 Å². The molecule has 0 radical (unpaired) electrons. The lowest BCUT2D eigenvalue weighted by Gasteiger charge is -2.05. The van der Waals surface area contributed by atoms with Crippen LogP contribution in [0.2, 0.25) is 0 Å². The fraction of sp³-hybridized carbons (Fsp3) is 0. The summed E-state index contributed by atoms with van der Waals surface area (Å²) in [7, 11) is 0. The Morgan fingerprint density at radius 2 is 1.75 bits per heavy atom. The predicted molar refractivity (Wildman–Crippen MR) is 60.7 cm³/mol. The average Bonchev–Trinajstić information content (AvgIpc) is 2.25. The molecular weight excluding hydrogens is 277 g/mol. The van der Waals surface area contributed by atoms with Crippen LogP contribution in [-0.2, 0) is 0 Å². The van der Waals surface area contributed by atoms with Gasteiger partial charge in [0.15, 0.2) is 5.75 Å². The summed E-state index contributed by atoms with van der Waals surface area (Å²) in [5.74, 6) is -1.10. The number of aromatic hydroxyl groups is 2. The van der Waals surface area contributed by atoms with Crippen molar-refractivity contribution in [1.82, 2.24) is 4.98 Å². The molecule has 0 unspecified atom stereocenters. The van der Waals surface area contributed by atoms with E-state index in [-0.39, 0.29) is 11.6 Å². The van der Waals surface area contributed by atoms with Crippen molar-refractivity contribution < 1.29 is 14.6 Å². The van der Waals surface area contributed by atoms with Crippen LogP contribution in [0, 0.1) is 5.82 Å². The summed E-state index contributed by atoms with van der Waals surface area (Å²) >= 11 is 3.16. The van der Waals surface area contributed by atoms with Crippen molar-refractivity contribution in [2.24, 2.45) is 0 Å². The standard InChI is InChI=1S/C11H7BrFNO2/c12-10-8(5-9(15)11(16)14-10)6-1-3-7(13)4-2-6/h1-5,15H,(H,14,16). The van der Waals surface area contributed by atoms with E-state index in [1.807, 2.05) is 0 Å². The van der Waals surface area contributed by atoms with Crippen molar-refractivity contribution in [3.05, 3.63) is 40.8 Å². The Bertz CT molecular complexity index is 528. The number of hydrogen-bond donors (Lipinski definition) is 2. The fourth-order valence-electron chi connectivity index (χ4n) is 1.30. The zero-order valence-electron chi connectivity index (χ0n) is 7.98. The molecule has 0 saturated carbocycles. The molecule has 0 aliphatic heterocycles. The fourth-order valence-corrected chi connectivity index (χ4v) is 1.81. The van der Waals surface area contributed by atoms with Crippen molar-refractivity contribution in [2.45, 2.75) is 0 Å². The summed E-state index contributed by atoms with van der Waals surface area (Å²) in [6.07, 6.45) is 0. The second kappa shape index (κ2) is 4.09. The molecule has 0 aliphatic carbocycles. The topological polar surface area (TPSA) is 53.4 Å². The van der Waals surface area contributed by atoms with E-state index in [0.717, 1.165) is 0 Å². The first-order valence-electron chi connectivity index (χ1n) is 4.42. The van der Waals surface area contributed by atoms with E-state index in [1.54, 1.807) is 12.1 Å². The van der Waals surface area contributed by atoms with E-state index in [9.17, 15) is 9.50 Å². The van der Waals surface area contributed by atoms with Gasteiger partial charge in [-0.15, -0.1) is 0 Å². The second-order valence-electron chi connectivity index (χ2n) is 3.18. The van der Waals surface area contributed by atoms with Gasteiger partial charge in [-0.05, 0) is 39.7 Å². The minimum Gasteiger partial charge on any atom is -0.503 e. The second-order valence-corrected chi connectivity index (χ2v) is 3.93. The highest BCUT2D eigenvalue weighted by atomic mass is 79.9. The molecule has 0 saturated heterocycles. The van der Waals surface area contributed by atoms with E-state index in [2.05, 4.69) is 20.9 Å². The van der Waals surface area contributed by atoms with Gasteiger partial charge in [-0.3, -0.25) is 0 Å². The molecule has 1 aromatic heterocycles. The van der Waals surface area contributed by atoms with Crippen molar-refractivity contribution in [1.29, 1.82) is 0 Å². The molecule has 0 fully saturated rings. The molecule has 82 valence electrons. The SMILES string of the molecule is Oc1cc(-c2ccc(F)cc2)c(Br)nc1O. The largest absolute Gasteiger partial charge is 0.503 e. The van der Waals surface area contributed by atoms with Gasteiger partial charge in [0, 0.05) is 5.56 Å². The summed E-state index contributed by atoms with van der Waals surface area (Å²) in [5, 5.41) is 18.5. The number of halogens is 2. The van der Waals surface area contributed by atoms with Crippen LogP contribution < -0.4 is 0 Å². The van der Waals surface area contributed by atoms with Crippen LogP contribution in [0.4, 0.5) is 4.39 Å². The average molecular weight is 284 g/mol. The molecule has 3 nitrogen and oxygen atoms in total. The van der Waals surface area contributed by atoms with Crippen molar-refractivity contribution in [3.8, 4) is 22.8 Å². The summed E-state index contributed by atoms with van der Waals surface area (Å²) in [4.78, 5) is 3.70. The Kier molecular flexibility index (Phi) is 2.78. The quantitative estimate of drug-likeness (QED) is 0.791. The van der Waals surface area contributed by atoms with Crippen LogP contribution in [-0.4, -0.2) is 15.2 Å². The van der Waals surface area contributed by atoms with Crippen LogP contribution in [0.3, 0.4) is 0 Å². The molecule has 0 atom stereocenters. The van der Waals surface area contributed by atoms with E-state index in [0.29, 0.717) is 15.7 Å². The third-order valence-electron chi connectivity index (χ3n) is 2.09. The third-order valence-corrected chi connectivity index (χ3v) is 2.70. The number of benzene rings is 1. The van der Waals surface area contributed by atoms with Gasteiger partial charge < -0.3 is 10.2 Å². The van der Waals surface area contributed by atoms with E-state index in [1.165, 1.54) is 18.2 Å². The number of pyridine rings is 1. The van der Waals surface area contributed by atoms with Crippen LogP contribution in [0.1, 0.15) is 0 Å². The van der Waals surface area contributed by atoms with Gasteiger partial charge in [0.1, 0.15) is 10.4 Å². The van der Waals surface area contributed by atoms with Crippen LogP contribution in [0.5, 0.6) is 11.6 Å². The lowest BCUT2D eigenvalue weighted by Crippen LogP contribution is -1.85. The molecule has 2 rings (SSSR count). The lowest BCUT2D eigenvalue weighted by atomic mass is 10.1. The molecular formula is C11H7BrFNO2. The van der Waals surface area contributed by atoms with Crippen molar-refractivity contribution in [3.63, 3.8) is 0 Å². The van der Waals surface area contributed by atoms with Crippen LogP contribution >= 0.6 is 15.9 Å². The maximum absolute atomic E-state index is 12.7. The Labute approximate surface area is 99.3 Å². The first-order valence-corrected chi connectivity index (χ1v) is 5.21. The van der Waals surface area contributed by atoms with E-state index < -0.39 is 5.88 Å². The first kappa shape index (κ1) is 10.9. The smallest absolute Gasteiger partial charge is 0.255 e. The molecule has 5 heteroatoms. The number of nitrogens with zero attached hydrogens (tertiary/aromatic N) is 1. The highest BCUT2D eigenvalue weighted by Crippen LogP contribution is 2.34. The number of hydrogen-bond acceptors (Lipinski definition) is 3. The van der Waals surface area contributed by atoms with Gasteiger partial charge in [-0.1, -0.05) is 12.1 Å². The van der Waals surface area contributed by atoms with Crippen molar-refractivity contribution in [2.75, 3.05) is 0 Å². The summed E-state index contributed by atoms with van der Waals surface area (Å²) in [6, 6.07) is 7.11. The van der Waals surface area contributed by atoms with Crippen LogP contribution in [0.25, 0.3) is 11.1 Å². The molecule has 0 bridgehead atoms. The zero-order chi connectivity index (χ0) is 11.7. The highest BCUT2D eigenvalue weighted by molar-refractivity contribution is 9.10. The molecule has 0 amide bonds. The molecule has 2 aromatic rings.